The van der Waals surface area contributed by atoms with Crippen molar-refractivity contribution in [1.82, 2.24) is 4.98 Å². The Balaban J connectivity index is 2.27. The molecule has 2 aromatic rings. The van der Waals surface area contributed by atoms with Crippen LogP contribution in [-0.2, 0) is 0 Å². The van der Waals surface area contributed by atoms with E-state index in [1.807, 2.05) is 6.07 Å². The summed E-state index contributed by atoms with van der Waals surface area (Å²) < 4.78 is 0. The molecule has 0 radical (unpaired) electrons. The molecule has 0 saturated carbocycles. The minimum absolute atomic E-state index is 0.0776. The van der Waals surface area contributed by atoms with Crippen molar-refractivity contribution >= 4 is 17.6 Å². The van der Waals surface area contributed by atoms with Crippen LogP contribution in [0.5, 0.6) is 0 Å². The predicted octanol–water partition coefficient (Wildman–Crippen LogP) is 1.90. The third-order valence-corrected chi connectivity index (χ3v) is 2.54. The van der Waals surface area contributed by atoms with Crippen LogP contribution < -0.4 is 5.32 Å². The summed E-state index contributed by atoms with van der Waals surface area (Å²) in [6, 6.07) is 9.70. The monoisotopic (exact) mass is 267 g/mol. The van der Waals surface area contributed by atoms with Crippen LogP contribution in [0.15, 0.2) is 42.7 Å². The zero-order chi connectivity index (χ0) is 14.5. The topological polar surface area (TPSA) is 103 Å². The van der Waals surface area contributed by atoms with Gasteiger partial charge in [0.15, 0.2) is 0 Å². The van der Waals surface area contributed by atoms with Gasteiger partial charge in [0.05, 0.1) is 22.4 Å². The zero-order valence-corrected chi connectivity index (χ0v) is 10.2. The lowest BCUT2D eigenvalue weighted by Crippen LogP contribution is -2.14. The van der Waals surface area contributed by atoms with E-state index in [2.05, 4.69) is 10.3 Å². The minimum Gasteiger partial charge on any atom is -0.478 e. The van der Waals surface area contributed by atoms with E-state index in [1.165, 1.54) is 12.3 Å². The number of carbonyl (C=O) groups excluding carboxylic acids is 1. The van der Waals surface area contributed by atoms with Gasteiger partial charge in [-0.25, -0.2) is 4.79 Å². The molecule has 0 aliphatic carbocycles. The number of anilines is 1. The summed E-state index contributed by atoms with van der Waals surface area (Å²) in [7, 11) is 0. The van der Waals surface area contributed by atoms with Crippen molar-refractivity contribution in [2.24, 2.45) is 0 Å². The summed E-state index contributed by atoms with van der Waals surface area (Å²) >= 11 is 0. The largest absolute Gasteiger partial charge is 0.478 e. The van der Waals surface area contributed by atoms with Crippen LogP contribution in [0.4, 0.5) is 5.69 Å². The van der Waals surface area contributed by atoms with Crippen molar-refractivity contribution in [2.75, 3.05) is 5.32 Å². The van der Waals surface area contributed by atoms with Crippen LogP contribution >= 0.6 is 0 Å². The van der Waals surface area contributed by atoms with Crippen LogP contribution in [0.25, 0.3) is 0 Å². The Hall–Kier alpha value is -3.20. The first-order valence-electron chi connectivity index (χ1n) is 5.60. The number of rotatable bonds is 3. The predicted molar refractivity (Wildman–Crippen MR) is 70.3 cm³/mol. The smallest absolute Gasteiger partial charge is 0.337 e. The molecule has 0 fully saturated rings. The van der Waals surface area contributed by atoms with Gasteiger partial charge in [0, 0.05) is 12.4 Å². The summed E-state index contributed by atoms with van der Waals surface area (Å²) in [6.07, 6.45) is 2.42. The highest BCUT2D eigenvalue weighted by molar-refractivity contribution is 6.05. The molecule has 98 valence electrons. The molecular formula is C14H9N3O3. The molecule has 1 aromatic heterocycles. The Morgan fingerprint density at radius 2 is 1.90 bits per heavy atom. The van der Waals surface area contributed by atoms with Gasteiger partial charge in [-0.1, -0.05) is 12.1 Å². The summed E-state index contributed by atoms with van der Waals surface area (Å²) in [6.45, 7) is 0. The van der Waals surface area contributed by atoms with Crippen molar-refractivity contribution in [2.45, 2.75) is 0 Å². The number of amides is 1. The van der Waals surface area contributed by atoms with E-state index in [0.29, 0.717) is 11.3 Å². The molecule has 1 heterocycles. The van der Waals surface area contributed by atoms with Crippen molar-refractivity contribution in [1.29, 1.82) is 5.26 Å². The molecule has 2 N–H and O–H groups in total. The van der Waals surface area contributed by atoms with Crippen LogP contribution in [0.3, 0.4) is 0 Å². The van der Waals surface area contributed by atoms with Crippen LogP contribution in [0.2, 0.25) is 0 Å². The fraction of sp³-hybridized carbons (Fsp3) is 0. The van der Waals surface area contributed by atoms with Crippen molar-refractivity contribution in [3.63, 3.8) is 0 Å². The molecule has 1 aromatic carbocycles. The van der Waals surface area contributed by atoms with E-state index in [9.17, 15) is 9.59 Å². The van der Waals surface area contributed by atoms with E-state index in [1.54, 1.807) is 24.3 Å². The second kappa shape index (κ2) is 5.63. The standard InChI is InChI=1S/C14H9N3O3/c15-6-9-3-1-2-4-12(9)17-13(18)10-5-11(14(19)20)8-16-7-10/h1-5,7-8H,(H,17,18)(H,19,20). The van der Waals surface area contributed by atoms with Gasteiger partial charge in [-0.05, 0) is 18.2 Å². The Bertz CT molecular complexity index is 720. The maximum atomic E-state index is 12.0. The van der Waals surface area contributed by atoms with Gasteiger partial charge in [-0.2, -0.15) is 5.26 Å². The van der Waals surface area contributed by atoms with Crippen molar-refractivity contribution in [3.8, 4) is 6.07 Å². The molecule has 0 spiro atoms. The van der Waals surface area contributed by atoms with E-state index in [4.69, 9.17) is 10.4 Å². The molecule has 1 amide bonds. The Kier molecular flexibility index (Phi) is 3.72. The third-order valence-electron chi connectivity index (χ3n) is 2.54. The summed E-state index contributed by atoms with van der Waals surface area (Å²) in [5.74, 6) is -1.69. The summed E-state index contributed by atoms with van der Waals surface area (Å²) in [4.78, 5) is 26.5. The number of hydrogen-bond donors (Lipinski definition) is 2. The first-order valence-corrected chi connectivity index (χ1v) is 5.60. The fourth-order valence-electron chi connectivity index (χ4n) is 1.57. The number of carboxylic acid groups (broad SMARTS) is 1. The van der Waals surface area contributed by atoms with Gasteiger partial charge in [0.1, 0.15) is 6.07 Å². The maximum Gasteiger partial charge on any atom is 0.337 e. The first kappa shape index (κ1) is 13.2. The maximum absolute atomic E-state index is 12.0. The molecule has 0 aliphatic heterocycles. The van der Waals surface area contributed by atoms with E-state index in [0.717, 1.165) is 6.20 Å². The quantitative estimate of drug-likeness (QED) is 0.884. The van der Waals surface area contributed by atoms with Crippen molar-refractivity contribution in [3.05, 3.63) is 59.4 Å². The van der Waals surface area contributed by atoms with Crippen molar-refractivity contribution < 1.29 is 14.7 Å². The highest BCUT2D eigenvalue weighted by Gasteiger charge is 2.12. The minimum atomic E-state index is -1.16. The van der Waals surface area contributed by atoms with E-state index >= 15 is 0 Å². The van der Waals surface area contributed by atoms with Gasteiger partial charge < -0.3 is 10.4 Å². The molecule has 0 saturated heterocycles. The normalized spacial score (nSPS) is 9.55. The second-order valence-electron chi connectivity index (χ2n) is 3.88. The molecular weight excluding hydrogens is 258 g/mol. The highest BCUT2D eigenvalue weighted by atomic mass is 16.4. The molecule has 2 rings (SSSR count). The lowest BCUT2D eigenvalue weighted by Gasteiger charge is -2.06. The SMILES string of the molecule is N#Cc1ccccc1NC(=O)c1cncc(C(=O)O)c1. The number of nitrogens with one attached hydrogen (secondary N) is 1. The Morgan fingerprint density at radius 1 is 1.20 bits per heavy atom. The summed E-state index contributed by atoms with van der Waals surface area (Å²) in [5.41, 5.74) is 0.716. The lowest BCUT2D eigenvalue weighted by molar-refractivity contribution is 0.0696. The first-order chi connectivity index (χ1) is 9.61. The molecule has 0 aliphatic rings. The van der Waals surface area contributed by atoms with Gasteiger partial charge in [-0.3, -0.25) is 9.78 Å². The van der Waals surface area contributed by atoms with Crippen LogP contribution in [0.1, 0.15) is 26.3 Å². The average molecular weight is 267 g/mol. The molecule has 20 heavy (non-hydrogen) atoms. The number of hydrogen-bond acceptors (Lipinski definition) is 4. The van der Waals surface area contributed by atoms with Gasteiger partial charge in [0.2, 0.25) is 0 Å². The Labute approximate surface area is 114 Å². The molecule has 0 atom stereocenters. The Morgan fingerprint density at radius 3 is 2.60 bits per heavy atom. The molecule has 0 unspecified atom stereocenters. The number of nitrogens with zero attached hydrogens (tertiary/aromatic N) is 2. The van der Waals surface area contributed by atoms with Gasteiger partial charge in [0.25, 0.3) is 5.91 Å². The molecule has 6 heteroatoms. The number of benzene rings is 1. The number of pyridine rings is 1. The number of carbonyl (C=O) groups is 2. The zero-order valence-electron chi connectivity index (χ0n) is 10.2. The van der Waals surface area contributed by atoms with Crippen LogP contribution in [-0.4, -0.2) is 22.0 Å². The summed E-state index contributed by atoms with van der Waals surface area (Å²) in [5, 5.41) is 20.3. The number of carboxylic acids is 1. The average Bonchev–Trinajstić information content (AvgIpc) is 2.48. The van der Waals surface area contributed by atoms with E-state index in [-0.39, 0.29) is 11.1 Å². The van der Waals surface area contributed by atoms with Gasteiger partial charge >= 0.3 is 5.97 Å². The van der Waals surface area contributed by atoms with E-state index < -0.39 is 11.9 Å². The number of aromatic carboxylic acids is 1. The lowest BCUT2D eigenvalue weighted by atomic mass is 10.1. The number of para-hydroxylation sites is 1. The molecule has 6 nitrogen and oxygen atoms in total. The second-order valence-corrected chi connectivity index (χ2v) is 3.88. The number of nitriles is 1. The van der Waals surface area contributed by atoms with Gasteiger partial charge in [-0.15, -0.1) is 0 Å². The fourth-order valence-corrected chi connectivity index (χ4v) is 1.57. The molecule has 0 bridgehead atoms. The number of aromatic nitrogens is 1. The third kappa shape index (κ3) is 2.79. The highest BCUT2D eigenvalue weighted by Crippen LogP contribution is 2.15. The van der Waals surface area contributed by atoms with Crippen LogP contribution in [0, 0.1) is 11.3 Å².